The second-order valence-electron chi connectivity index (χ2n) is 9.46. The lowest BCUT2D eigenvalue weighted by atomic mass is 9.97. The Morgan fingerprint density at radius 3 is 2.58 bits per heavy atom. The minimum Gasteiger partial charge on any atom is -0.481 e. The normalized spacial score (nSPS) is 17.5. The van der Waals surface area contributed by atoms with Gasteiger partial charge < -0.3 is 14.8 Å². The van der Waals surface area contributed by atoms with E-state index in [2.05, 4.69) is 21.4 Å². The van der Waals surface area contributed by atoms with Gasteiger partial charge in [-0.05, 0) is 32.3 Å². The SMILES string of the molecule is COc1nc2nc(CCC3COC3)nc(N[C@H](C)c3cccc(C(F)F)c3F)c2cc1C1(C#N)CC1. The molecular weight excluding hydrogens is 471 g/mol. The van der Waals surface area contributed by atoms with Gasteiger partial charge in [0.05, 0.1) is 48.8 Å². The van der Waals surface area contributed by atoms with Crippen LogP contribution in [0.5, 0.6) is 5.88 Å². The fraction of sp³-hybridized carbons (Fsp3) is 0.462. The molecule has 7 nitrogen and oxygen atoms in total. The summed E-state index contributed by atoms with van der Waals surface area (Å²) >= 11 is 0. The van der Waals surface area contributed by atoms with E-state index < -0.39 is 29.3 Å². The van der Waals surface area contributed by atoms with Gasteiger partial charge in [0.25, 0.3) is 6.43 Å². The number of methoxy groups -OCH3 is 1. The van der Waals surface area contributed by atoms with Crippen molar-refractivity contribution in [2.75, 3.05) is 25.6 Å². The Morgan fingerprint density at radius 2 is 1.97 bits per heavy atom. The summed E-state index contributed by atoms with van der Waals surface area (Å²) in [4.78, 5) is 14.0. The highest BCUT2D eigenvalue weighted by Crippen LogP contribution is 2.51. The summed E-state index contributed by atoms with van der Waals surface area (Å²) in [6.45, 7) is 3.10. The molecule has 1 aromatic carbocycles. The second kappa shape index (κ2) is 9.54. The average Bonchev–Trinajstić information content (AvgIpc) is 3.63. The molecule has 0 spiro atoms. The van der Waals surface area contributed by atoms with Crippen molar-refractivity contribution in [3.8, 4) is 11.9 Å². The number of nitriles is 1. The third-order valence-electron chi connectivity index (χ3n) is 6.97. The number of ether oxygens (including phenoxy) is 2. The van der Waals surface area contributed by atoms with Crippen LogP contribution < -0.4 is 10.1 Å². The standard InChI is InChI=1S/C26H26F3N5O2/c1-14(16-4-3-5-17(21(16)27)22(28)29)31-23-18-10-19(26(13-30)8-9-26)25(35-2)34-24(18)33-20(32-23)7-6-15-11-36-12-15/h3-5,10,14-15,22H,6-9,11-12H2,1-2H3,(H,31,32,33,34)/t14-/m1/s1. The average molecular weight is 498 g/mol. The molecule has 3 aromatic rings. The Hall–Kier alpha value is -3.45. The van der Waals surface area contributed by atoms with Crippen molar-refractivity contribution in [1.29, 1.82) is 5.26 Å². The number of rotatable bonds is 9. The molecule has 0 bridgehead atoms. The lowest BCUT2D eigenvalue weighted by Gasteiger charge is -2.25. The third kappa shape index (κ3) is 4.44. The van der Waals surface area contributed by atoms with Crippen molar-refractivity contribution >= 4 is 16.9 Å². The number of aryl methyl sites for hydroxylation is 1. The van der Waals surface area contributed by atoms with Gasteiger partial charge in [0.1, 0.15) is 17.5 Å². The van der Waals surface area contributed by atoms with Crippen LogP contribution >= 0.6 is 0 Å². The first-order valence-corrected chi connectivity index (χ1v) is 11.9. The van der Waals surface area contributed by atoms with Crippen molar-refractivity contribution in [2.24, 2.45) is 5.92 Å². The van der Waals surface area contributed by atoms with Gasteiger partial charge in [0.15, 0.2) is 5.65 Å². The van der Waals surface area contributed by atoms with Gasteiger partial charge >= 0.3 is 0 Å². The van der Waals surface area contributed by atoms with E-state index in [1.807, 2.05) is 6.07 Å². The van der Waals surface area contributed by atoms with Gasteiger partial charge in [-0.1, -0.05) is 18.2 Å². The van der Waals surface area contributed by atoms with E-state index in [0.29, 0.717) is 72.5 Å². The maximum absolute atomic E-state index is 14.9. The van der Waals surface area contributed by atoms with E-state index in [0.717, 1.165) is 12.5 Å². The van der Waals surface area contributed by atoms with E-state index in [4.69, 9.17) is 14.5 Å². The Kier molecular flexibility index (Phi) is 6.43. The Labute approximate surface area is 206 Å². The molecule has 1 N–H and O–H groups in total. The van der Waals surface area contributed by atoms with Gasteiger partial charge in [0, 0.05) is 23.5 Å². The Balaban J connectivity index is 1.57. The first-order valence-electron chi connectivity index (χ1n) is 11.9. The largest absolute Gasteiger partial charge is 0.481 e. The highest BCUT2D eigenvalue weighted by atomic mass is 19.3. The number of anilines is 1. The van der Waals surface area contributed by atoms with Crippen LogP contribution in [0.4, 0.5) is 19.0 Å². The monoisotopic (exact) mass is 497 g/mol. The summed E-state index contributed by atoms with van der Waals surface area (Å²) in [5, 5.41) is 13.5. The summed E-state index contributed by atoms with van der Waals surface area (Å²) in [5.41, 5.74) is -0.170. The van der Waals surface area contributed by atoms with Crippen LogP contribution in [0.1, 0.15) is 61.2 Å². The Morgan fingerprint density at radius 1 is 1.22 bits per heavy atom. The van der Waals surface area contributed by atoms with E-state index in [1.54, 1.807) is 6.92 Å². The van der Waals surface area contributed by atoms with E-state index in [-0.39, 0.29) is 5.56 Å². The minimum atomic E-state index is -2.92. The van der Waals surface area contributed by atoms with E-state index in [1.165, 1.54) is 19.2 Å². The van der Waals surface area contributed by atoms with Crippen LogP contribution in [0.2, 0.25) is 0 Å². The fourth-order valence-corrected chi connectivity index (χ4v) is 4.51. The van der Waals surface area contributed by atoms with Crippen molar-refractivity contribution in [2.45, 2.75) is 50.5 Å². The molecule has 2 aromatic heterocycles. The van der Waals surface area contributed by atoms with E-state index in [9.17, 15) is 18.4 Å². The molecule has 36 heavy (non-hydrogen) atoms. The van der Waals surface area contributed by atoms with Crippen LogP contribution in [0, 0.1) is 23.1 Å². The first-order chi connectivity index (χ1) is 17.3. The Bertz CT molecular complexity index is 1340. The molecule has 2 fully saturated rings. The van der Waals surface area contributed by atoms with E-state index >= 15 is 0 Å². The lowest BCUT2D eigenvalue weighted by Crippen LogP contribution is -2.28. The highest BCUT2D eigenvalue weighted by Gasteiger charge is 2.47. The molecule has 0 unspecified atom stereocenters. The molecule has 2 aliphatic rings. The van der Waals surface area contributed by atoms with Gasteiger partial charge in [-0.3, -0.25) is 0 Å². The zero-order chi connectivity index (χ0) is 25.4. The number of pyridine rings is 1. The molecule has 0 amide bonds. The molecule has 0 radical (unpaired) electrons. The molecule has 1 saturated heterocycles. The van der Waals surface area contributed by atoms with Crippen molar-refractivity contribution in [3.63, 3.8) is 0 Å². The molecule has 1 aliphatic carbocycles. The van der Waals surface area contributed by atoms with Gasteiger partial charge in [0.2, 0.25) is 5.88 Å². The number of fused-ring (bicyclic) bond motifs is 1. The maximum atomic E-state index is 14.9. The quantitative estimate of drug-likeness (QED) is 0.422. The minimum absolute atomic E-state index is 0.102. The molecule has 5 rings (SSSR count). The number of halogens is 3. The number of hydrogen-bond acceptors (Lipinski definition) is 7. The van der Waals surface area contributed by atoms with Gasteiger partial charge in [-0.2, -0.15) is 10.2 Å². The maximum Gasteiger partial charge on any atom is 0.266 e. The number of alkyl halides is 2. The molecular formula is C26H26F3N5O2. The summed E-state index contributed by atoms with van der Waals surface area (Å²) in [7, 11) is 1.50. The molecule has 1 aliphatic heterocycles. The summed E-state index contributed by atoms with van der Waals surface area (Å²) in [5.74, 6) is 0.793. The number of benzene rings is 1. The van der Waals surface area contributed by atoms with Crippen molar-refractivity contribution < 1.29 is 22.6 Å². The summed E-state index contributed by atoms with van der Waals surface area (Å²) in [6.07, 6.45) is -0.0892. The van der Waals surface area contributed by atoms with Crippen LogP contribution in [0.15, 0.2) is 24.3 Å². The molecule has 188 valence electrons. The zero-order valence-corrected chi connectivity index (χ0v) is 20.0. The lowest BCUT2D eigenvalue weighted by molar-refractivity contribution is -0.0354. The molecule has 1 saturated carbocycles. The topological polar surface area (TPSA) is 93.0 Å². The number of aromatic nitrogens is 3. The van der Waals surface area contributed by atoms with Crippen LogP contribution in [-0.4, -0.2) is 35.3 Å². The highest BCUT2D eigenvalue weighted by molar-refractivity contribution is 5.88. The summed E-state index contributed by atoms with van der Waals surface area (Å²) < 4.78 is 52.2. The van der Waals surface area contributed by atoms with Crippen LogP contribution in [0.3, 0.4) is 0 Å². The van der Waals surface area contributed by atoms with Crippen LogP contribution in [0.25, 0.3) is 11.0 Å². The predicted molar refractivity (Wildman–Crippen MR) is 126 cm³/mol. The zero-order valence-electron chi connectivity index (χ0n) is 20.0. The number of hydrogen-bond donors (Lipinski definition) is 1. The number of nitrogens with zero attached hydrogens (tertiary/aromatic N) is 4. The van der Waals surface area contributed by atoms with Gasteiger partial charge in [-0.25, -0.2) is 23.1 Å². The molecule has 10 heteroatoms. The summed E-state index contributed by atoms with van der Waals surface area (Å²) in [6, 6.07) is 7.46. The molecule has 1 atom stereocenters. The predicted octanol–water partition coefficient (Wildman–Crippen LogP) is 5.42. The van der Waals surface area contributed by atoms with Crippen molar-refractivity contribution in [1.82, 2.24) is 15.0 Å². The molecule has 3 heterocycles. The van der Waals surface area contributed by atoms with Crippen LogP contribution in [-0.2, 0) is 16.6 Å². The first kappa shape index (κ1) is 24.3. The number of nitrogens with one attached hydrogen (secondary N) is 1. The second-order valence-corrected chi connectivity index (χ2v) is 9.46. The van der Waals surface area contributed by atoms with Gasteiger partial charge in [-0.15, -0.1) is 0 Å². The smallest absolute Gasteiger partial charge is 0.266 e. The van der Waals surface area contributed by atoms with Crippen molar-refractivity contribution in [3.05, 3.63) is 52.6 Å². The fourth-order valence-electron chi connectivity index (χ4n) is 4.51. The third-order valence-corrected chi connectivity index (χ3v) is 6.97.